The first kappa shape index (κ1) is 13.1. The Bertz CT molecular complexity index is 473. The predicted octanol–water partition coefficient (Wildman–Crippen LogP) is 1.16. The number of aromatic nitrogens is 2. The van der Waals surface area contributed by atoms with Crippen molar-refractivity contribution in [2.45, 2.75) is 31.0 Å². The summed E-state index contributed by atoms with van der Waals surface area (Å²) in [5.74, 6) is 1.49. The summed E-state index contributed by atoms with van der Waals surface area (Å²) < 4.78 is 11.7. The zero-order chi connectivity index (χ0) is 13.4. The van der Waals surface area contributed by atoms with E-state index in [1.165, 1.54) is 0 Å². The van der Waals surface area contributed by atoms with E-state index >= 15 is 0 Å². The lowest BCUT2D eigenvalue weighted by Crippen LogP contribution is -2.69. The summed E-state index contributed by atoms with van der Waals surface area (Å²) in [6.07, 6.45) is 4.10. The van der Waals surface area contributed by atoms with Crippen molar-refractivity contribution in [1.82, 2.24) is 9.97 Å². The first-order valence-corrected chi connectivity index (χ1v) is 7.20. The second-order valence-electron chi connectivity index (χ2n) is 4.94. The van der Waals surface area contributed by atoms with E-state index in [2.05, 4.69) is 31.2 Å². The molecule has 1 saturated carbocycles. The lowest BCUT2D eigenvalue weighted by Gasteiger charge is -2.52. The van der Waals surface area contributed by atoms with E-state index in [-0.39, 0.29) is 18.2 Å². The molecule has 1 aliphatic heterocycles. The van der Waals surface area contributed by atoms with Gasteiger partial charge in [0.2, 0.25) is 11.8 Å². The van der Waals surface area contributed by atoms with Gasteiger partial charge in [-0.05, 0) is 28.8 Å². The molecule has 104 valence electrons. The minimum Gasteiger partial charge on any atom is -0.480 e. The van der Waals surface area contributed by atoms with E-state index in [1.807, 2.05) is 0 Å². The van der Waals surface area contributed by atoms with Crippen LogP contribution in [0.1, 0.15) is 12.8 Å². The van der Waals surface area contributed by atoms with Gasteiger partial charge in [0.15, 0.2) is 0 Å². The SMILES string of the molecule is COc1nc(NC2C(N)C3CCCOC32)ncc1Br. The Kier molecular flexibility index (Phi) is 3.60. The molecule has 3 rings (SSSR count). The van der Waals surface area contributed by atoms with Gasteiger partial charge < -0.3 is 20.5 Å². The van der Waals surface area contributed by atoms with Crippen molar-refractivity contribution in [2.24, 2.45) is 11.7 Å². The van der Waals surface area contributed by atoms with Crippen molar-refractivity contribution < 1.29 is 9.47 Å². The van der Waals surface area contributed by atoms with Crippen LogP contribution >= 0.6 is 15.9 Å². The number of nitrogens with one attached hydrogen (secondary N) is 1. The Labute approximate surface area is 120 Å². The van der Waals surface area contributed by atoms with E-state index < -0.39 is 0 Å². The molecule has 0 radical (unpaired) electrons. The molecule has 4 atom stereocenters. The van der Waals surface area contributed by atoms with Crippen molar-refractivity contribution in [3.63, 3.8) is 0 Å². The molecule has 0 amide bonds. The largest absolute Gasteiger partial charge is 0.480 e. The predicted molar refractivity (Wildman–Crippen MR) is 74.1 cm³/mol. The molecule has 2 aliphatic rings. The van der Waals surface area contributed by atoms with E-state index in [0.29, 0.717) is 17.7 Å². The summed E-state index contributed by atoms with van der Waals surface area (Å²) in [7, 11) is 1.58. The van der Waals surface area contributed by atoms with E-state index in [0.717, 1.165) is 23.9 Å². The van der Waals surface area contributed by atoms with E-state index in [1.54, 1.807) is 13.3 Å². The molecule has 0 aromatic carbocycles. The van der Waals surface area contributed by atoms with Crippen LogP contribution < -0.4 is 15.8 Å². The molecule has 0 spiro atoms. The first-order chi connectivity index (χ1) is 9.20. The molecule has 6 nitrogen and oxygen atoms in total. The lowest BCUT2D eigenvalue weighted by molar-refractivity contribution is -0.104. The summed E-state index contributed by atoms with van der Waals surface area (Å²) >= 11 is 3.33. The van der Waals surface area contributed by atoms with Gasteiger partial charge in [0.25, 0.3) is 0 Å². The Morgan fingerprint density at radius 1 is 1.58 bits per heavy atom. The second kappa shape index (κ2) is 5.22. The van der Waals surface area contributed by atoms with Crippen LogP contribution in [-0.4, -0.2) is 41.9 Å². The summed E-state index contributed by atoms with van der Waals surface area (Å²) in [5, 5.41) is 3.26. The third kappa shape index (κ3) is 2.30. The molecule has 1 aliphatic carbocycles. The van der Waals surface area contributed by atoms with Gasteiger partial charge >= 0.3 is 0 Å². The van der Waals surface area contributed by atoms with Crippen LogP contribution in [0.5, 0.6) is 5.88 Å². The fraction of sp³-hybridized carbons (Fsp3) is 0.667. The van der Waals surface area contributed by atoms with Gasteiger partial charge in [-0.15, -0.1) is 0 Å². The smallest absolute Gasteiger partial charge is 0.232 e. The van der Waals surface area contributed by atoms with Crippen molar-refractivity contribution >= 4 is 21.9 Å². The maximum absolute atomic E-state index is 6.19. The third-order valence-corrected chi connectivity index (χ3v) is 4.42. The molecule has 7 heteroatoms. The monoisotopic (exact) mass is 328 g/mol. The van der Waals surface area contributed by atoms with Gasteiger partial charge in [0.1, 0.15) is 0 Å². The number of nitrogens with zero attached hydrogens (tertiary/aromatic N) is 2. The molecule has 2 fully saturated rings. The zero-order valence-electron chi connectivity index (χ0n) is 10.7. The van der Waals surface area contributed by atoms with Gasteiger partial charge in [-0.25, -0.2) is 4.98 Å². The zero-order valence-corrected chi connectivity index (χ0v) is 12.3. The Morgan fingerprint density at radius 3 is 3.21 bits per heavy atom. The maximum atomic E-state index is 6.19. The minimum absolute atomic E-state index is 0.0798. The molecule has 1 aromatic rings. The average Bonchev–Trinajstić information content (AvgIpc) is 2.45. The van der Waals surface area contributed by atoms with Gasteiger partial charge in [-0.2, -0.15) is 4.98 Å². The molecule has 4 unspecified atom stereocenters. The fourth-order valence-electron chi connectivity index (χ4n) is 2.84. The summed E-state index contributed by atoms with van der Waals surface area (Å²) in [4.78, 5) is 8.50. The highest BCUT2D eigenvalue weighted by Gasteiger charge is 2.50. The van der Waals surface area contributed by atoms with Crippen molar-refractivity contribution in [2.75, 3.05) is 19.0 Å². The van der Waals surface area contributed by atoms with Gasteiger partial charge in [-0.1, -0.05) is 0 Å². The lowest BCUT2D eigenvalue weighted by atomic mass is 9.69. The van der Waals surface area contributed by atoms with Crippen LogP contribution in [0.15, 0.2) is 10.7 Å². The molecule has 19 heavy (non-hydrogen) atoms. The molecule has 3 N–H and O–H groups in total. The number of methoxy groups -OCH3 is 1. The molecule has 2 heterocycles. The second-order valence-corrected chi connectivity index (χ2v) is 5.79. The maximum Gasteiger partial charge on any atom is 0.232 e. The normalized spacial score (nSPS) is 33.2. The number of hydrogen-bond acceptors (Lipinski definition) is 6. The van der Waals surface area contributed by atoms with Gasteiger partial charge in [0, 0.05) is 18.6 Å². The Morgan fingerprint density at radius 2 is 2.42 bits per heavy atom. The number of halogens is 1. The summed E-state index contributed by atoms with van der Waals surface area (Å²) in [5.41, 5.74) is 6.19. The van der Waals surface area contributed by atoms with Crippen LogP contribution in [0, 0.1) is 5.92 Å². The molecule has 0 bridgehead atoms. The topological polar surface area (TPSA) is 82.3 Å². The van der Waals surface area contributed by atoms with Crippen LogP contribution in [0.4, 0.5) is 5.95 Å². The van der Waals surface area contributed by atoms with Crippen molar-refractivity contribution in [3.8, 4) is 5.88 Å². The Hall–Kier alpha value is -0.920. The van der Waals surface area contributed by atoms with E-state index in [9.17, 15) is 0 Å². The van der Waals surface area contributed by atoms with Crippen LogP contribution in [0.2, 0.25) is 0 Å². The van der Waals surface area contributed by atoms with Crippen LogP contribution in [-0.2, 0) is 4.74 Å². The highest BCUT2D eigenvalue weighted by atomic mass is 79.9. The number of ether oxygens (including phenoxy) is 2. The number of hydrogen-bond donors (Lipinski definition) is 2. The highest BCUT2D eigenvalue weighted by Crippen LogP contribution is 2.38. The number of nitrogens with two attached hydrogens (primary N) is 1. The minimum atomic E-state index is 0.0798. The first-order valence-electron chi connectivity index (χ1n) is 6.41. The molecule has 1 saturated heterocycles. The average molecular weight is 329 g/mol. The van der Waals surface area contributed by atoms with Gasteiger partial charge in [-0.3, -0.25) is 0 Å². The highest BCUT2D eigenvalue weighted by molar-refractivity contribution is 9.10. The van der Waals surface area contributed by atoms with Crippen molar-refractivity contribution in [3.05, 3.63) is 10.7 Å². The van der Waals surface area contributed by atoms with Crippen LogP contribution in [0.3, 0.4) is 0 Å². The van der Waals surface area contributed by atoms with Gasteiger partial charge in [0.05, 0.1) is 29.9 Å². The van der Waals surface area contributed by atoms with E-state index in [4.69, 9.17) is 15.2 Å². The standard InChI is InChI=1S/C12H17BrN4O2/c1-18-11-7(13)5-15-12(17-11)16-9-8(14)6-3-2-4-19-10(6)9/h5-6,8-10H,2-4,14H2,1H3,(H,15,16,17). The van der Waals surface area contributed by atoms with Crippen molar-refractivity contribution in [1.29, 1.82) is 0 Å². The Balaban J connectivity index is 1.71. The molecule has 1 aromatic heterocycles. The fourth-order valence-corrected chi connectivity index (χ4v) is 3.19. The number of rotatable bonds is 3. The van der Waals surface area contributed by atoms with Crippen LogP contribution in [0.25, 0.3) is 0 Å². The molecular weight excluding hydrogens is 312 g/mol. The summed E-state index contributed by atoms with van der Waals surface area (Å²) in [6, 6.07) is 0.180. The quantitative estimate of drug-likeness (QED) is 0.866. The molecular formula is C12H17BrN4O2. The third-order valence-electron chi connectivity index (χ3n) is 3.88. The summed E-state index contributed by atoms with van der Waals surface area (Å²) in [6.45, 7) is 0.816. The number of anilines is 1. The number of fused-ring (bicyclic) bond motifs is 1.